The zero-order chi connectivity index (χ0) is 15.8. The van der Waals surface area contributed by atoms with E-state index in [4.69, 9.17) is 4.74 Å². The SMILES string of the molecule is COC(C)=O.COc1c(C)cc(-c2ccccc2)cc1C. The molecule has 0 saturated heterocycles. The van der Waals surface area contributed by atoms with E-state index in [9.17, 15) is 4.79 Å². The highest BCUT2D eigenvalue weighted by molar-refractivity contribution is 5.67. The van der Waals surface area contributed by atoms with Crippen molar-refractivity contribution in [2.45, 2.75) is 20.8 Å². The minimum Gasteiger partial charge on any atom is -0.496 e. The number of hydrogen-bond donors (Lipinski definition) is 0. The summed E-state index contributed by atoms with van der Waals surface area (Å²) in [6.07, 6.45) is 0. The van der Waals surface area contributed by atoms with Crippen molar-refractivity contribution in [1.82, 2.24) is 0 Å². The molecule has 0 aliphatic rings. The first kappa shape index (κ1) is 16.8. The molecular weight excluding hydrogens is 264 g/mol. The molecule has 112 valence electrons. The van der Waals surface area contributed by atoms with E-state index in [0.717, 1.165) is 5.75 Å². The van der Waals surface area contributed by atoms with Gasteiger partial charge in [-0.05, 0) is 48.2 Å². The first-order valence-electron chi connectivity index (χ1n) is 6.74. The van der Waals surface area contributed by atoms with Crippen LogP contribution in [0.4, 0.5) is 0 Å². The molecule has 0 aliphatic heterocycles. The number of carbonyl (C=O) groups excluding carboxylic acids is 1. The number of carbonyl (C=O) groups is 1. The largest absolute Gasteiger partial charge is 0.496 e. The van der Waals surface area contributed by atoms with Crippen molar-refractivity contribution >= 4 is 5.97 Å². The Kier molecular flexibility index (Phi) is 6.47. The van der Waals surface area contributed by atoms with Crippen molar-refractivity contribution in [2.24, 2.45) is 0 Å². The number of hydrogen-bond acceptors (Lipinski definition) is 3. The summed E-state index contributed by atoms with van der Waals surface area (Å²) < 4.78 is 9.48. The molecule has 0 saturated carbocycles. The van der Waals surface area contributed by atoms with Crippen molar-refractivity contribution in [3.8, 4) is 16.9 Å². The average molecular weight is 286 g/mol. The van der Waals surface area contributed by atoms with Crippen LogP contribution in [0.1, 0.15) is 18.1 Å². The van der Waals surface area contributed by atoms with Crippen molar-refractivity contribution in [3.05, 3.63) is 53.6 Å². The van der Waals surface area contributed by atoms with E-state index in [1.807, 2.05) is 6.07 Å². The fourth-order valence-corrected chi connectivity index (χ4v) is 2.07. The predicted octanol–water partition coefficient (Wildman–Crippen LogP) is 4.16. The molecular formula is C18H22O3. The molecule has 2 aromatic carbocycles. The van der Waals surface area contributed by atoms with Crippen molar-refractivity contribution in [1.29, 1.82) is 0 Å². The van der Waals surface area contributed by atoms with Gasteiger partial charge < -0.3 is 9.47 Å². The summed E-state index contributed by atoms with van der Waals surface area (Å²) in [7, 11) is 3.07. The molecule has 3 heteroatoms. The molecule has 0 aromatic heterocycles. The Bertz CT molecular complexity index is 566. The van der Waals surface area contributed by atoms with Crippen LogP contribution in [0.2, 0.25) is 0 Å². The molecule has 0 unspecified atom stereocenters. The Morgan fingerprint density at radius 3 is 1.76 bits per heavy atom. The molecule has 0 heterocycles. The summed E-state index contributed by atoms with van der Waals surface area (Å²) >= 11 is 0. The van der Waals surface area contributed by atoms with Crippen LogP contribution < -0.4 is 4.74 Å². The summed E-state index contributed by atoms with van der Waals surface area (Å²) in [4.78, 5) is 9.59. The van der Waals surface area contributed by atoms with Crippen LogP contribution in [0.5, 0.6) is 5.75 Å². The van der Waals surface area contributed by atoms with Gasteiger partial charge in [0, 0.05) is 6.92 Å². The van der Waals surface area contributed by atoms with Gasteiger partial charge in [0.2, 0.25) is 0 Å². The molecule has 0 N–H and O–H groups in total. The van der Waals surface area contributed by atoms with Gasteiger partial charge in [-0.3, -0.25) is 4.79 Å². The van der Waals surface area contributed by atoms with E-state index < -0.39 is 0 Å². The van der Waals surface area contributed by atoms with Gasteiger partial charge in [-0.15, -0.1) is 0 Å². The number of methoxy groups -OCH3 is 2. The predicted molar refractivity (Wildman–Crippen MR) is 85.6 cm³/mol. The van der Waals surface area contributed by atoms with Gasteiger partial charge in [0.05, 0.1) is 14.2 Å². The van der Waals surface area contributed by atoms with Crippen LogP contribution in [0.25, 0.3) is 11.1 Å². The molecule has 2 aromatic rings. The van der Waals surface area contributed by atoms with Crippen molar-refractivity contribution in [3.63, 3.8) is 0 Å². The Morgan fingerprint density at radius 1 is 0.905 bits per heavy atom. The zero-order valence-corrected chi connectivity index (χ0v) is 13.3. The maximum atomic E-state index is 9.59. The lowest BCUT2D eigenvalue weighted by atomic mass is 10.00. The second-order valence-electron chi connectivity index (χ2n) is 4.71. The van der Waals surface area contributed by atoms with Crippen LogP contribution in [0.3, 0.4) is 0 Å². The summed E-state index contributed by atoms with van der Waals surface area (Å²) in [5, 5.41) is 0. The van der Waals surface area contributed by atoms with Gasteiger partial charge in [-0.2, -0.15) is 0 Å². The van der Waals surface area contributed by atoms with Crippen LogP contribution >= 0.6 is 0 Å². The summed E-state index contributed by atoms with van der Waals surface area (Å²) in [6.45, 7) is 5.52. The molecule has 0 spiro atoms. The lowest BCUT2D eigenvalue weighted by Crippen LogP contribution is -1.92. The van der Waals surface area contributed by atoms with Gasteiger partial charge in [0.1, 0.15) is 5.75 Å². The van der Waals surface area contributed by atoms with E-state index in [1.165, 1.54) is 36.3 Å². The first-order chi connectivity index (χ1) is 9.99. The van der Waals surface area contributed by atoms with E-state index in [2.05, 4.69) is 55.0 Å². The second-order valence-corrected chi connectivity index (χ2v) is 4.71. The second kappa shape index (κ2) is 8.10. The van der Waals surface area contributed by atoms with Gasteiger partial charge in [-0.1, -0.05) is 30.3 Å². The average Bonchev–Trinajstić information content (AvgIpc) is 2.48. The van der Waals surface area contributed by atoms with Crippen LogP contribution in [0, 0.1) is 13.8 Å². The molecule has 21 heavy (non-hydrogen) atoms. The highest BCUT2D eigenvalue weighted by Crippen LogP contribution is 2.29. The first-order valence-corrected chi connectivity index (χ1v) is 6.74. The van der Waals surface area contributed by atoms with Gasteiger partial charge >= 0.3 is 5.97 Å². The lowest BCUT2D eigenvalue weighted by molar-refractivity contribution is -0.137. The zero-order valence-electron chi connectivity index (χ0n) is 13.3. The fourth-order valence-electron chi connectivity index (χ4n) is 2.07. The lowest BCUT2D eigenvalue weighted by Gasteiger charge is -2.11. The van der Waals surface area contributed by atoms with Crippen LogP contribution in [0.15, 0.2) is 42.5 Å². The Balaban J connectivity index is 0.000000383. The molecule has 0 radical (unpaired) electrons. The third-order valence-corrected chi connectivity index (χ3v) is 3.06. The molecule has 0 aliphatic carbocycles. The van der Waals surface area contributed by atoms with Gasteiger partial charge in [0.25, 0.3) is 0 Å². The van der Waals surface area contributed by atoms with Crippen molar-refractivity contribution < 1.29 is 14.3 Å². The normalized spacial score (nSPS) is 9.38. The fraction of sp³-hybridized carbons (Fsp3) is 0.278. The number of esters is 1. The molecule has 2 rings (SSSR count). The number of benzene rings is 2. The summed E-state index contributed by atoms with van der Waals surface area (Å²) in [5.41, 5.74) is 4.86. The standard InChI is InChI=1S/C15H16O.C3H6O2/c1-11-9-14(10-12(2)15(11)16-3)13-7-5-4-6-8-13;1-3(4)5-2/h4-10H,1-3H3;1-2H3. The van der Waals surface area contributed by atoms with Gasteiger partial charge in [0.15, 0.2) is 0 Å². The topological polar surface area (TPSA) is 35.5 Å². The number of aryl methyl sites for hydroxylation is 2. The van der Waals surface area contributed by atoms with Crippen LogP contribution in [-0.4, -0.2) is 20.2 Å². The van der Waals surface area contributed by atoms with E-state index in [1.54, 1.807) is 7.11 Å². The number of ether oxygens (including phenoxy) is 2. The smallest absolute Gasteiger partial charge is 0.302 e. The minimum absolute atomic E-state index is 0.245. The van der Waals surface area contributed by atoms with Crippen LogP contribution in [-0.2, 0) is 9.53 Å². The van der Waals surface area contributed by atoms with E-state index in [0.29, 0.717) is 0 Å². The highest BCUT2D eigenvalue weighted by atomic mass is 16.5. The molecule has 0 bridgehead atoms. The molecule has 0 fully saturated rings. The summed E-state index contributed by atoms with van der Waals surface area (Å²) in [6, 6.07) is 14.7. The molecule has 3 nitrogen and oxygen atoms in total. The summed E-state index contributed by atoms with van der Waals surface area (Å²) in [5.74, 6) is 0.740. The maximum absolute atomic E-state index is 9.59. The Labute approximate surface area is 126 Å². The monoisotopic (exact) mass is 286 g/mol. The maximum Gasteiger partial charge on any atom is 0.302 e. The Hall–Kier alpha value is -2.29. The van der Waals surface area contributed by atoms with Crippen molar-refractivity contribution in [2.75, 3.05) is 14.2 Å². The van der Waals surface area contributed by atoms with E-state index >= 15 is 0 Å². The highest BCUT2D eigenvalue weighted by Gasteiger charge is 2.06. The van der Waals surface area contributed by atoms with Gasteiger partial charge in [-0.25, -0.2) is 0 Å². The molecule has 0 amide bonds. The van der Waals surface area contributed by atoms with E-state index in [-0.39, 0.29) is 5.97 Å². The quantitative estimate of drug-likeness (QED) is 0.778. The number of rotatable bonds is 2. The third kappa shape index (κ3) is 4.95. The molecule has 0 atom stereocenters. The third-order valence-electron chi connectivity index (χ3n) is 3.06. The minimum atomic E-state index is -0.245. The Morgan fingerprint density at radius 2 is 1.38 bits per heavy atom.